The van der Waals surface area contributed by atoms with Gasteiger partial charge >= 0.3 is 5.97 Å². The summed E-state index contributed by atoms with van der Waals surface area (Å²) in [7, 11) is 0. The minimum absolute atomic E-state index is 0.124. The smallest absolute Gasteiger partial charge is 0.343 e. The summed E-state index contributed by atoms with van der Waals surface area (Å²) in [6.07, 6.45) is 1.33. The molecule has 0 unspecified atom stereocenters. The number of carbonyl (C=O) groups is 2. The molecule has 1 heterocycles. The van der Waals surface area contributed by atoms with Crippen LogP contribution < -0.4 is 10.2 Å². The van der Waals surface area contributed by atoms with Crippen LogP contribution in [-0.4, -0.2) is 28.0 Å². The van der Waals surface area contributed by atoms with Gasteiger partial charge in [0.1, 0.15) is 17.5 Å². The third-order valence-electron chi connectivity index (χ3n) is 6.10. The summed E-state index contributed by atoms with van der Waals surface area (Å²) in [5.41, 5.74) is 5.43. The number of hydrazone groups is 1. The number of nitrogens with zero attached hydrogens (tertiary/aromatic N) is 3. The topological polar surface area (TPSA) is 150 Å². The van der Waals surface area contributed by atoms with Crippen LogP contribution in [0.5, 0.6) is 5.75 Å². The first-order valence-electron chi connectivity index (χ1n) is 12.1. The lowest BCUT2D eigenvalue weighted by atomic mass is 10.0. The second kappa shape index (κ2) is 11.6. The van der Waals surface area contributed by atoms with Gasteiger partial charge in [0, 0.05) is 33.1 Å². The van der Waals surface area contributed by atoms with Crippen LogP contribution in [0.2, 0.25) is 0 Å². The van der Waals surface area contributed by atoms with Crippen molar-refractivity contribution in [1.82, 2.24) is 10.4 Å². The number of nitro groups is 1. The molecule has 200 valence electrons. The lowest BCUT2D eigenvalue weighted by Crippen LogP contribution is -2.19. The Labute approximate surface area is 241 Å². The molecule has 10 nitrogen and oxygen atoms in total. The van der Waals surface area contributed by atoms with Crippen LogP contribution in [0.3, 0.4) is 0 Å². The Kier molecular flexibility index (Phi) is 7.67. The Morgan fingerprint density at radius 2 is 1.78 bits per heavy atom. The fourth-order valence-electron chi connectivity index (χ4n) is 4.19. The number of hydrogen-bond acceptors (Lipinski definition) is 7. The summed E-state index contributed by atoms with van der Waals surface area (Å²) in [6.45, 7) is 0. The molecule has 11 heteroatoms. The Morgan fingerprint density at radius 3 is 2.49 bits per heavy atom. The number of para-hydroxylation sites is 1. The number of hydrogen-bond donors (Lipinski definition) is 2. The molecule has 5 aromatic rings. The van der Waals surface area contributed by atoms with Crippen LogP contribution in [0.15, 0.2) is 101 Å². The number of ether oxygens (including phenoxy) is 1. The highest BCUT2D eigenvalue weighted by molar-refractivity contribution is 9.10. The normalized spacial score (nSPS) is 10.8. The zero-order chi connectivity index (χ0) is 28.9. The average Bonchev–Trinajstić information content (AvgIpc) is 3.39. The molecule has 0 aliphatic rings. The molecule has 0 saturated heterocycles. The van der Waals surface area contributed by atoms with Gasteiger partial charge in [0.2, 0.25) is 0 Å². The van der Waals surface area contributed by atoms with E-state index in [1.807, 2.05) is 36.4 Å². The van der Waals surface area contributed by atoms with Crippen molar-refractivity contribution in [2.24, 2.45) is 5.10 Å². The summed E-state index contributed by atoms with van der Waals surface area (Å²) in [5.74, 6) is -1.11. The maximum atomic E-state index is 13.3. The number of carbonyl (C=O) groups excluding carboxylic acids is 2. The predicted molar refractivity (Wildman–Crippen MR) is 156 cm³/mol. The number of non-ortho nitro benzene ring substituents is 1. The number of aromatic nitrogens is 1. The monoisotopic (exact) mass is 607 g/mol. The lowest BCUT2D eigenvalue weighted by Gasteiger charge is -2.08. The average molecular weight is 608 g/mol. The van der Waals surface area contributed by atoms with Crippen molar-refractivity contribution >= 4 is 50.6 Å². The largest absolute Gasteiger partial charge is 0.422 e. The summed E-state index contributed by atoms with van der Waals surface area (Å²) in [4.78, 5) is 39.4. The zero-order valence-electron chi connectivity index (χ0n) is 21.0. The maximum absolute atomic E-state index is 13.3. The van der Waals surface area contributed by atoms with E-state index < -0.39 is 16.8 Å². The van der Waals surface area contributed by atoms with E-state index in [9.17, 15) is 25.0 Å². The highest BCUT2D eigenvalue weighted by Gasteiger charge is 2.21. The number of fused-ring (bicyclic) bond motifs is 1. The molecule has 5 rings (SSSR count). The Balaban J connectivity index is 1.41. The Hall–Kier alpha value is -5.60. The van der Waals surface area contributed by atoms with Crippen LogP contribution in [0, 0.1) is 21.4 Å². The number of nitro benzene ring substituents is 1. The van der Waals surface area contributed by atoms with Crippen LogP contribution in [-0.2, 0) is 0 Å². The van der Waals surface area contributed by atoms with Crippen molar-refractivity contribution in [2.75, 3.05) is 0 Å². The lowest BCUT2D eigenvalue weighted by molar-refractivity contribution is -0.384. The van der Waals surface area contributed by atoms with Crippen LogP contribution in [0.25, 0.3) is 22.0 Å². The fraction of sp³-hybridized carbons (Fsp3) is 0. The van der Waals surface area contributed by atoms with Gasteiger partial charge < -0.3 is 9.72 Å². The van der Waals surface area contributed by atoms with Gasteiger partial charge in [-0.1, -0.05) is 58.4 Å². The first-order chi connectivity index (χ1) is 19.9. The third kappa shape index (κ3) is 5.73. The van der Waals surface area contributed by atoms with Crippen molar-refractivity contribution in [2.45, 2.75) is 0 Å². The minimum Gasteiger partial charge on any atom is -0.422 e. The van der Waals surface area contributed by atoms with E-state index >= 15 is 0 Å². The fourth-order valence-corrected chi connectivity index (χ4v) is 4.57. The second-order valence-corrected chi connectivity index (χ2v) is 9.57. The molecule has 0 fully saturated rings. The SMILES string of the molecule is N#Cc1cccc2c(-c3ccccc3)c(C(=O)NN=Cc3cc(Br)ccc3OC(=O)c3ccc([N+](=O)[O-])cc3)[nH]c12. The molecule has 0 atom stereocenters. The molecule has 41 heavy (non-hydrogen) atoms. The van der Waals surface area contributed by atoms with Gasteiger partial charge in [-0.05, 0) is 42.0 Å². The molecule has 0 spiro atoms. The molecule has 0 saturated carbocycles. The van der Waals surface area contributed by atoms with Crippen molar-refractivity contribution in [3.8, 4) is 22.9 Å². The van der Waals surface area contributed by atoms with Gasteiger partial charge in [0.25, 0.3) is 11.6 Å². The standard InChI is InChI=1S/C30H18BrN5O5/c31-22-11-14-25(41-30(38)19-9-12-23(13-10-19)36(39)40)21(15-22)17-33-35-29(37)28-26(18-5-2-1-3-6-18)24-8-4-7-20(16-32)27(24)34-28/h1-15,17,34H,(H,35,37). The summed E-state index contributed by atoms with van der Waals surface area (Å²) in [5, 5.41) is 25.2. The number of esters is 1. The van der Waals surface area contributed by atoms with E-state index in [4.69, 9.17) is 4.74 Å². The van der Waals surface area contributed by atoms with Gasteiger partial charge in [-0.3, -0.25) is 14.9 Å². The number of rotatable bonds is 7. The molecular formula is C30H18BrN5O5. The number of nitriles is 1. The molecular weight excluding hydrogens is 590 g/mol. The quantitative estimate of drug-likeness (QED) is 0.0722. The summed E-state index contributed by atoms with van der Waals surface area (Å²) >= 11 is 3.37. The van der Waals surface area contributed by atoms with E-state index in [1.54, 1.807) is 30.3 Å². The predicted octanol–water partition coefficient (Wildman–Crippen LogP) is 6.36. The van der Waals surface area contributed by atoms with Gasteiger partial charge in [-0.15, -0.1) is 0 Å². The van der Waals surface area contributed by atoms with Crippen molar-refractivity contribution in [3.63, 3.8) is 0 Å². The third-order valence-corrected chi connectivity index (χ3v) is 6.60. The number of benzene rings is 4. The van der Waals surface area contributed by atoms with Gasteiger partial charge in [-0.2, -0.15) is 10.4 Å². The first kappa shape index (κ1) is 27.0. The molecule has 0 bridgehead atoms. The van der Waals surface area contributed by atoms with E-state index in [0.29, 0.717) is 26.7 Å². The number of amides is 1. The van der Waals surface area contributed by atoms with E-state index in [0.717, 1.165) is 10.9 Å². The molecule has 0 aliphatic carbocycles. The minimum atomic E-state index is -0.722. The van der Waals surface area contributed by atoms with E-state index in [2.05, 4.69) is 37.5 Å². The molecule has 1 amide bonds. The molecule has 2 N–H and O–H groups in total. The Bertz CT molecular complexity index is 1880. The molecule has 1 aromatic heterocycles. The Morgan fingerprint density at radius 1 is 1.02 bits per heavy atom. The zero-order valence-corrected chi connectivity index (χ0v) is 22.6. The van der Waals surface area contributed by atoms with Crippen molar-refractivity contribution < 1.29 is 19.2 Å². The second-order valence-electron chi connectivity index (χ2n) is 8.66. The molecule has 4 aromatic carbocycles. The number of aromatic amines is 1. The maximum Gasteiger partial charge on any atom is 0.343 e. The van der Waals surface area contributed by atoms with Gasteiger partial charge in [0.15, 0.2) is 0 Å². The van der Waals surface area contributed by atoms with Crippen molar-refractivity contribution in [3.05, 3.63) is 128 Å². The summed E-state index contributed by atoms with van der Waals surface area (Å²) in [6, 6.07) is 26.6. The summed E-state index contributed by atoms with van der Waals surface area (Å²) < 4.78 is 6.17. The number of halogens is 1. The number of H-pyrrole nitrogens is 1. The van der Waals surface area contributed by atoms with Gasteiger partial charge in [-0.25, -0.2) is 10.2 Å². The molecule has 0 aliphatic heterocycles. The first-order valence-corrected chi connectivity index (χ1v) is 12.8. The van der Waals surface area contributed by atoms with Crippen LogP contribution in [0.1, 0.15) is 32.0 Å². The highest BCUT2D eigenvalue weighted by Crippen LogP contribution is 2.34. The highest BCUT2D eigenvalue weighted by atomic mass is 79.9. The van der Waals surface area contributed by atoms with Crippen LogP contribution in [0.4, 0.5) is 5.69 Å². The van der Waals surface area contributed by atoms with Crippen LogP contribution >= 0.6 is 15.9 Å². The van der Waals surface area contributed by atoms with E-state index in [-0.39, 0.29) is 22.7 Å². The van der Waals surface area contributed by atoms with Crippen molar-refractivity contribution in [1.29, 1.82) is 5.26 Å². The number of nitrogens with one attached hydrogen (secondary N) is 2. The van der Waals surface area contributed by atoms with E-state index in [1.165, 1.54) is 30.5 Å². The van der Waals surface area contributed by atoms with Gasteiger partial charge in [0.05, 0.1) is 27.8 Å². The molecule has 0 radical (unpaired) electrons.